The number of nitrogens with one attached hydrogen (secondary N) is 2. The van der Waals surface area contributed by atoms with Crippen LogP contribution in [0.25, 0.3) is 0 Å². The van der Waals surface area contributed by atoms with Crippen molar-refractivity contribution in [2.45, 2.75) is 25.9 Å². The lowest BCUT2D eigenvalue weighted by Crippen LogP contribution is -2.27. The van der Waals surface area contributed by atoms with Gasteiger partial charge in [0.2, 0.25) is 0 Å². The number of benzene rings is 1. The molecule has 0 radical (unpaired) electrons. The highest BCUT2D eigenvalue weighted by Crippen LogP contribution is 2.12. The summed E-state index contributed by atoms with van der Waals surface area (Å²) in [5.74, 6) is 0. The molecule has 2 N–H and O–H groups in total. The zero-order chi connectivity index (χ0) is 12.1. The van der Waals surface area contributed by atoms with Gasteiger partial charge < -0.3 is 10.3 Å². The third kappa shape index (κ3) is 4.02. The highest BCUT2D eigenvalue weighted by molar-refractivity contribution is 9.10. The van der Waals surface area contributed by atoms with Gasteiger partial charge in [0.1, 0.15) is 0 Å². The molecule has 17 heavy (non-hydrogen) atoms. The van der Waals surface area contributed by atoms with Crippen molar-refractivity contribution in [1.82, 2.24) is 10.3 Å². The van der Waals surface area contributed by atoms with E-state index in [4.69, 9.17) is 0 Å². The quantitative estimate of drug-likeness (QED) is 0.867. The van der Waals surface area contributed by atoms with E-state index in [1.165, 1.54) is 11.3 Å². The van der Waals surface area contributed by atoms with Crippen LogP contribution < -0.4 is 5.32 Å². The molecule has 0 saturated heterocycles. The number of halogens is 1. The summed E-state index contributed by atoms with van der Waals surface area (Å²) in [7, 11) is 0. The molecule has 0 bridgehead atoms. The fourth-order valence-electron chi connectivity index (χ4n) is 1.81. The van der Waals surface area contributed by atoms with E-state index >= 15 is 0 Å². The first-order valence-corrected chi connectivity index (χ1v) is 6.63. The van der Waals surface area contributed by atoms with Crippen molar-refractivity contribution in [3.63, 3.8) is 0 Å². The first kappa shape index (κ1) is 12.4. The Morgan fingerprint density at radius 3 is 2.65 bits per heavy atom. The Morgan fingerprint density at radius 2 is 2.00 bits per heavy atom. The van der Waals surface area contributed by atoms with Crippen molar-refractivity contribution in [3.8, 4) is 0 Å². The molecule has 0 aliphatic rings. The van der Waals surface area contributed by atoms with E-state index in [1.807, 2.05) is 12.3 Å². The molecule has 0 spiro atoms. The highest BCUT2D eigenvalue weighted by Gasteiger charge is 2.03. The number of H-pyrrole nitrogens is 1. The van der Waals surface area contributed by atoms with Gasteiger partial charge in [-0.3, -0.25) is 0 Å². The predicted molar refractivity (Wildman–Crippen MR) is 74.9 cm³/mol. The van der Waals surface area contributed by atoms with Gasteiger partial charge in [-0.15, -0.1) is 0 Å². The molecule has 2 rings (SSSR count). The Hall–Kier alpha value is -1.06. The fourth-order valence-corrected chi connectivity index (χ4v) is 2.07. The largest absolute Gasteiger partial charge is 0.364 e. The Kier molecular flexibility index (Phi) is 4.40. The summed E-state index contributed by atoms with van der Waals surface area (Å²) >= 11 is 3.45. The van der Waals surface area contributed by atoms with Crippen molar-refractivity contribution < 1.29 is 0 Å². The monoisotopic (exact) mass is 292 g/mol. The average Bonchev–Trinajstić information content (AvgIpc) is 2.83. The van der Waals surface area contributed by atoms with Gasteiger partial charge in [-0.2, -0.15) is 0 Å². The summed E-state index contributed by atoms with van der Waals surface area (Å²) < 4.78 is 1.13. The summed E-state index contributed by atoms with van der Waals surface area (Å²) in [6.07, 6.45) is 3.00. The second-order valence-electron chi connectivity index (χ2n) is 4.31. The van der Waals surface area contributed by atoms with E-state index < -0.39 is 0 Å². The Labute approximate surface area is 111 Å². The summed E-state index contributed by atoms with van der Waals surface area (Å²) in [6.45, 7) is 3.11. The fraction of sp³-hybridized carbons (Fsp3) is 0.286. The molecule has 1 aromatic carbocycles. The number of aromatic nitrogens is 1. The van der Waals surface area contributed by atoms with Crippen molar-refractivity contribution in [2.75, 3.05) is 0 Å². The van der Waals surface area contributed by atoms with Crippen LogP contribution in [0.5, 0.6) is 0 Å². The molecule has 1 atom stereocenters. The molecule has 1 heterocycles. The molecule has 2 nitrogen and oxygen atoms in total. The summed E-state index contributed by atoms with van der Waals surface area (Å²) in [5, 5.41) is 3.51. The summed E-state index contributed by atoms with van der Waals surface area (Å²) in [4.78, 5) is 3.20. The molecule has 0 saturated carbocycles. The van der Waals surface area contributed by atoms with Crippen LogP contribution in [-0.2, 0) is 13.0 Å². The molecule has 0 aliphatic heterocycles. The summed E-state index contributed by atoms with van der Waals surface area (Å²) in [5.41, 5.74) is 2.59. The number of hydrogen-bond donors (Lipinski definition) is 2. The third-order valence-corrected chi connectivity index (χ3v) is 3.29. The Balaban J connectivity index is 1.80. The Morgan fingerprint density at radius 1 is 1.24 bits per heavy atom. The number of aromatic amines is 1. The lowest BCUT2D eigenvalue weighted by atomic mass is 10.1. The van der Waals surface area contributed by atoms with Gasteiger partial charge in [0.15, 0.2) is 0 Å². The minimum absolute atomic E-state index is 0.472. The zero-order valence-corrected chi connectivity index (χ0v) is 11.5. The van der Waals surface area contributed by atoms with Crippen LogP contribution in [0, 0.1) is 0 Å². The molecule has 1 aromatic heterocycles. The van der Waals surface area contributed by atoms with Crippen LogP contribution >= 0.6 is 15.9 Å². The van der Waals surface area contributed by atoms with Gasteiger partial charge >= 0.3 is 0 Å². The zero-order valence-electron chi connectivity index (χ0n) is 9.91. The maximum absolute atomic E-state index is 3.51. The number of hydrogen-bond acceptors (Lipinski definition) is 1. The van der Waals surface area contributed by atoms with Crippen LogP contribution in [-0.4, -0.2) is 11.0 Å². The van der Waals surface area contributed by atoms with E-state index in [0.29, 0.717) is 6.04 Å². The van der Waals surface area contributed by atoms with Crippen LogP contribution in [0.15, 0.2) is 47.1 Å². The lowest BCUT2D eigenvalue weighted by molar-refractivity contribution is 0.541. The van der Waals surface area contributed by atoms with Crippen molar-refractivity contribution in [3.05, 3.63) is 58.3 Å². The van der Waals surface area contributed by atoms with Crippen LogP contribution in [0.4, 0.5) is 0 Å². The van der Waals surface area contributed by atoms with Crippen LogP contribution in [0.1, 0.15) is 18.2 Å². The van der Waals surface area contributed by atoms with Crippen molar-refractivity contribution in [2.24, 2.45) is 0 Å². The van der Waals surface area contributed by atoms with Crippen LogP contribution in [0.3, 0.4) is 0 Å². The van der Waals surface area contributed by atoms with Gasteiger partial charge in [0.25, 0.3) is 0 Å². The average molecular weight is 293 g/mol. The van der Waals surface area contributed by atoms with Gasteiger partial charge in [-0.1, -0.05) is 28.1 Å². The van der Waals surface area contributed by atoms with E-state index in [1.54, 1.807) is 0 Å². The maximum atomic E-state index is 3.51. The second kappa shape index (κ2) is 6.03. The summed E-state index contributed by atoms with van der Waals surface area (Å²) in [6, 6.07) is 13.1. The van der Waals surface area contributed by atoms with Gasteiger partial charge in [-0.05, 0) is 43.2 Å². The molecule has 0 amide bonds. The molecule has 90 valence electrons. The standard InChI is InChI=1S/C14H17BrN2/c1-11(17-10-14-3-2-8-16-14)9-12-4-6-13(15)7-5-12/h2-8,11,16-17H,9-10H2,1H3. The normalized spacial score (nSPS) is 12.6. The molecule has 1 unspecified atom stereocenters. The second-order valence-corrected chi connectivity index (χ2v) is 5.22. The van der Waals surface area contributed by atoms with E-state index in [2.05, 4.69) is 63.5 Å². The van der Waals surface area contributed by atoms with Crippen molar-refractivity contribution in [1.29, 1.82) is 0 Å². The topological polar surface area (TPSA) is 27.8 Å². The first-order chi connectivity index (χ1) is 8.24. The molecule has 0 aliphatic carbocycles. The van der Waals surface area contributed by atoms with Gasteiger partial charge in [0.05, 0.1) is 0 Å². The third-order valence-electron chi connectivity index (χ3n) is 2.76. The predicted octanol–water partition coefficient (Wildman–Crippen LogP) is 3.50. The van der Waals surface area contributed by atoms with E-state index in [-0.39, 0.29) is 0 Å². The lowest BCUT2D eigenvalue weighted by Gasteiger charge is -2.13. The van der Waals surface area contributed by atoms with Gasteiger partial charge in [-0.25, -0.2) is 0 Å². The first-order valence-electron chi connectivity index (χ1n) is 5.84. The maximum Gasteiger partial charge on any atom is 0.0359 e. The van der Waals surface area contributed by atoms with E-state index in [0.717, 1.165) is 17.4 Å². The molecular formula is C14H17BrN2. The smallest absolute Gasteiger partial charge is 0.0359 e. The SMILES string of the molecule is CC(Cc1ccc(Br)cc1)NCc1ccc[nH]1. The molecule has 3 heteroatoms. The van der Waals surface area contributed by atoms with Crippen molar-refractivity contribution >= 4 is 15.9 Å². The van der Waals surface area contributed by atoms with E-state index in [9.17, 15) is 0 Å². The minimum Gasteiger partial charge on any atom is -0.364 e. The van der Waals surface area contributed by atoms with Gasteiger partial charge in [0, 0.05) is 29.0 Å². The highest BCUT2D eigenvalue weighted by atomic mass is 79.9. The number of rotatable bonds is 5. The minimum atomic E-state index is 0.472. The molecule has 0 fully saturated rings. The molecule has 2 aromatic rings. The molecular weight excluding hydrogens is 276 g/mol. The van der Waals surface area contributed by atoms with Crippen LogP contribution in [0.2, 0.25) is 0 Å². The Bertz CT molecular complexity index is 434.